The predicted octanol–water partition coefficient (Wildman–Crippen LogP) is 3.45. The monoisotopic (exact) mass is 474 g/mol. The molecule has 0 aliphatic carbocycles. The number of amides is 1. The number of benzene rings is 2. The number of carbonyl (C=O) groups is 1. The van der Waals surface area contributed by atoms with Crippen molar-refractivity contribution in [3.63, 3.8) is 0 Å². The molecule has 1 amide bonds. The van der Waals surface area contributed by atoms with E-state index in [-0.39, 0.29) is 23.9 Å². The van der Waals surface area contributed by atoms with Gasteiger partial charge >= 0.3 is 0 Å². The van der Waals surface area contributed by atoms with Gasteiger partial charge in [-0.15, -0.1) is 0 Å². The molecule has 1 aliphatic heterocycles. The second-order valence-corrected chi connectivity index (χ2v) is 10.1. The van der Waals surface area contributed by atoms with Gasteiger partial charge in [-0.25, -0.2) is 8.42 Å². The van der Waals surface area contributed by atoms with Gasteiger partial charge in [0, 0.05) is 30.7 Å². The highest BCUT2D eigenvalue weighted by Crippen LogP contribution is 2.26. The summed E-state index contributed by atoms with van der Waals surface area (Å²) in [4.78, 5) is 19.1. The molecule has 1 aromatic heterocycles. The Bertz CT molecular complexity index is 1180. The van der Waals surface area contributed by atoms with E-state index in [9.17, 15) is 13.2 Å². The van der Waals surface area contributed by atoms with Crippen LogP contribution in [0.4, 0.5) is 0 Å². The lowest BCUT2D eigenvalue weighted by molar-refractivity contribution is -0.136. The summed E-state index contributed by atoms with van der Waals surface area (Å²) in [7, 11) is -2.04. The lowest BCUT2D eigenvalue weighted by atomic mass is 9.98. The molecule has 0 bridgehead atoms. The number of halogens is 1. The van der Waals surface area contributed by atoms with Crippen molar-refractivity contribution in [2.45, 2.75) is 24.3 Å². The second kappa shape index (κ2) is 9.40. The lowest BCUT2D eigenvalue weighted by Crippen LogP contribution is -2.45. The van der Waals surface area contributed by atoms with Crippen molar-refractivity contribution in [1.82, 2.24) is 19.3 Å². The van der Waals surface area contributed by atoms with E-state index >= 15 is 0 Å². The van der Waals surface area contributed by atoms with Crippen LogP contribution in [0.5, 0.6) is 0 Å². The van der Waals surface area contributed by atoms with Crippen LogP contribution in [0.1, 0.15) is 18.7 Å². The summed E-state index contributed by atoms with van der Waals surface area (Å²) < 4.78 is 32.6. The number of sulfonamides is 1. The molecule has 0 radical (unpaired) electrons. The Morgan fingerprint density at radius 3 is 2.62 bits per heavy atom. The summed E-state index contributed by atoms with van der Waals surface area (Å²) >= 11 is 5.87. The Labute approximate surface area is 191 Å². The molecule has 3 aromatic rings. The molecule has 1 fully saturated rings. The topological polar surface area (TPSA) is 96.6 Å². The molecule has 1 saturated heterocycles. The Morgan fingerprint density at radius 1 is 1.19 bits per heavy atom. The largest absolute Gasteiger partial charge is 0.337 e. The van der Waals surface area contributed by atoms with Crippen LogP contribution in [0.25, 0.3) is 11.4 Å². The van der Waals surface area contributed by atoms with Crippen LogP contribution in [-0.4, -0.2) is 53.8 Å². The van der Waals surface area contributed by atoms with Gasteiger partial charge in [-0.2, -0.15) is 9.29 Å². The summed E-state index contributed by atoms with van der Waals surface area (Å²) in [6, 6.07) is 15.5. The van der Waals surface area contributed by atoms with Gasteiger partial charge in [0.25, 0.3) is 0 Å². The maximum absolute atomic E-state index is 13.0. The van der Waals surface area contributed by atoms with Crippen LogP contribution in [0.3, 0.4) is 0 Å². The smallest absolute Gasteiger partial charge is 0.246 e. The van der Waals surface area contributed by atoms with Crippen molar-refractivity contribution in [2.75, 3.05) is 20.1 Å². The van der Waals surface area contributed by atoms with E-state index < -0.39 is 15.9 Å². The van der Waals surface area contributed by atoms with E-state index in [0.717, 1.165) is 5.56 Å². The third kappa shape index (κ3) is 4.85. The number of carbonyl (C=O) groups excluding carboxylic acids is 1. The maximum atomic E-state index is 13.0. The third-order valence-corrected chi connectivity index (χ3v) is 7.56. The van der Waals surface area contributed by atoms with Gasteiger partial charge in [-0.3, -0.25) is 4.79 Å². The minimum absolute atomic E-state index is 0.132. The van der Waals surface area contributed by atoms with Gasteiger partial charge in [0.05, 0.1) is 17.4 Å². The third-order valence-electron chi connectivity index (χ3n) is 5.43. The molecule has 2 heterocycles. The molecular formula is C22H23ClN4O4S. The zero-order chi connectivity index (χ0) is 22.7. The van der Waals surface area contributed by atoms with Gasteiger partial charge in [0.15, 0.2) is 0 Å². The lowest BCUT2D eigenvalue weighted by Gasteiger charge is -2.33. The standard InChI is InChI=1S/C22H23ClN4O4S/c1-26(15-20-24-21(25-31-20)16-6-3-2-4-7-16)22(28)17-8-5-13-27(14-17)32(29,30)19-11-9-18(23)10-12-19/h2-4,6-7,9-12,17H,5,8,13-15H2,1H3. The SMILES string of the molecule is CN(Cc1nc(-c2ccccc2)no1)C(=O)C1CCCN(S(=O)(=O)c2ccc(Cl)cc2)C1. The number of hydrogen-bond donors (Lipinski definition) is 0. The van der Waals surface area contributed by atoms with Crippen LogP contribution in [0.15, 0.2) is 64.0 Å². The maximum Gasteiger partial charge on any atom is 0.246 e. The highest BCUT2D eigenvalue weighted by atomic mass is 35.5. The van der Waals surface area contributed by atoms with Crippen molar-refractivity contribution in [3.05, 3.63) is 65.5 Å². The first kappa shape index (κ1) is 22.4. The van der Waals surface area contributed by atoms with E-state index in [1.807, 2.05) is 30.3 Å². The number of hydrogen-bond acceptors (Lipinski definition) is 6. The number of rotatable bonds is 6. The Balaban J connectivity index is 1.41. The normalized spacial score (nSPS) is 17.2. The van der Waals surface area contributed by atoms with Crippen LogP contribution in [-0.2, 0) is 21.4 Å². The van der Waals surface area contributed by atoms with E-state index in [0.29, 0.717) is 36.1 Å². The van der Waals surface area contributed by atoms with Crippen molar-refractivity contribution < 1.29 is 17.7 Å². The van der Waals surface area contributed by atoms with Gasteiger partial charge in [-0.05, 0) is 37.1 Å². The molecule has 1 unspecified atom stereocenters. The van der Waals surface area contributed by atoms with Gasteiger partial charge in [-0.1, -0.05) is 47.1 Å². The molecule has 1 atom stereocenters. The first-order chi connectivity index (χ1) is 15.3. The molecule has 10 heteroatoms. The van der Waals surface area contributed by atoms with Crippen molar-refractivity contribution in [3.8, 4) is 11.4 Å². The molecule has 0 spiro atoms. The first-order valence-electron chi connectivity index (χ1n) is 10.2. The Morgan fingerprint density at radius 2 is 1.91 bits per heavy atom. The fourth-order valence-electron chi connectivity index (χ4n) is 3.73. The summed E-state index contributed by atoms with van der Waals surface area (Å²) in [5.74, 6) is 0.188. The van der Waals surface area contributed by atoms with Gasteiger partial charge in [0.2, 0.25) is 27.6 Å². The number of nitrogens with zero attached hydrogens (tertiary/aromatic N) is 4. The average Bonchev–Trinajstić information content (AvgIpc) is 3.28. The van der Waals surface area contributed by atoms with Crippen LogP contribution in [0.2, 0.25) is 5.02 Å². The predicted molar refractivity (Wildman–Crippen MR) is 119 cm³/mol. The minimum atomic E-state index is -3.69. The second-order valence-electron chi connectivity index (χ2n) is 7.73. The average molecular weight is 475 g/mol. The fraction of sp³-hybridized carbons (Fsp3) is 0.318. The fourth-order valence-corrected chi connectivity index (χ4v) is 5.38. The molecule has 2 aromatic carbocycles. The van der Waals surface area contributed by atoms with Crippen LogP contribution in [0, 0.1) is 5.92 Å². The molecular weight excluding hydrogens is 452 g/mol. The van der Waals surface area contributed by atoms with Crippen molar-refractivity contribution in [1.29, 1.82) is 0 Å². The summed E-state index contributed by atoms with van der Waals surface area (Å²) in [5.41, 5.74) is 0.826. The first-order valence-corrected chi connectivity index (χ1v) is 12.0. The number of piperidine rings is 1. The Hall–Kier alpha value is -2.75. The van der Waals surface area contributed by atoms with E-state index in [4.69, 9.17) is 16.1 Å². The number of aromatic nitrogens is 2. The zero-order valence-electron chi connectivity index (χ0n) is 17.5. The Kier molecular flexibility index (Phi) is 6.59. The van der Waals surface area contributed by atoms with Gasteiger partial charge < -0.3 is 9.42 Å². The zero-order valence-corrected chi connectivity index (χ0v) is 19.1. The summed E-state index contributed by atoms with van der Waals surface area (Å²) in [6.45, 7) is 0.662. The van der Waals surface area contributed by atoms with Crippen molar-refractivity contribution >= 4 is 27.5 Å². The molecule has 4 rings (SSSR count). The van der Waals surface area contributed by atoms with E-state index in [1.165, 1.54) is 21.3 Å². The summed E-state index contributed by atoms with van der Waals surface area (Å²) in [5, 5.41) is 4.44. The van der Waals surface area contributed by atoms with Crippen molar-refractivity contribution in [2.24, 2.45) is 5.92 Å². The highest BCUT2D eigenvalue weighted by Gasteiger charge is 2.34. The quantitative estimate of drug-likeness (QED) is 0.542. The molecule has 168 valence electrons. The minimum Gasteiger partial charge on any atom is -0.337 e. The van der Waals surface area contributed by atoms with Crippen LogP contribution >= 0.6 is 11.6 Å². The molecule has 0 N–H and O–H groups in total. The summed E-state index contributed by atoms with van der Waals surface area (Å²) in [6.07, 6.45) is 1.23. The molecule has 32 heavy (non-hydrogen) atoms. The molecule has 8 nitrogen and oxygen atoms in total. The molecule has 0 saturated carbocycles. The van der Waals surface area contributed by atoms with E-state index in [1.54, 1.807) is 19.2 Å². The van der Waals surface area contributed by atoms with E-state index in [2.05, 4.69) is 10.1 Å². The highest BCUT2D eigenvalue weighted by molar-refractivity contribution is 7.89. The van der Waals surface area contributed by atoms with Crippen LogP contribution < -0.4 is 0 Å². The molecule has 1 aliphatic rings. The van der Waals surface area contributed by atoms with Gasteiger partial charge in [0.1, 0.15) is 0 Å².